The molecule has 0 saturated heterocycles. The lowest BCUT2D eigenvalue weighted by Crippen LogP contribution is -2.36. The topological polar surface area (TPSA) is 51.1 Å². The maximum absolute atomic E-state index is 13.9. The quantitative estimate of drug-likeness (QED) is 0.856. The Balaban J connectivity index is 1.76. The van der Waals surface area contributed by atoms with Crippen molar-refractivity contribution in [3.05, 3.63) is 65.0 Å². The van der Waals surface area contributed by atoms with Gasteiger partial charge in [0, 0.05) is 6.92 Å². The van der Waals surface area contributed by atoms with Gasteiger partial charge < -0.3 is 9.47 Å². The zero-order chi connectivity index (χ0) is 18.0. The number of hydrogen-bond donors (Lipinski definition) is 0. The Morgan fingerprint density at radius 2 is 2.04 bits per heavy atom. The van der Waals surface area contributed by atoms with Gasteiger partial charge in [-0.3, -0.25) is 4.79 Å². The highest BCUT2D eigenvalue weighted by Gasteiger charge is 2.33. The van der Waals surface area contributed by atoms with Gasteiger partial charge in [0.2, 0.25) is 18.0 Å². The van der Waals surface area contributed by atoms with Gasteiger partial charge in [0.1, 0.15) is 18.2 Å². The summed E-state index contributed by atoms with van der Waals surface area (Å²) in [5.74, 6) is 0.0147. The van der Waals surface area contributed by atoms with Gasteiger partial charge in [0.25, 0.3) is 0 Å². The summed E-state index contributed by atoms with van der Waals surface area (Å²) in [5.41, 5.74) is 2.34. The van der Waals surface area contributed by atoms with Gasteiger partial charge in [0.05, 0.1) is 5.56 Å². The number of halogens is 1. The summed E-state index contributed by atoms with van der Waals surface area (Å²) < 4.78 is 25.4. The molecule has 1 aliphatic rings. The molecule has 6 heteroatoms. The van der Waals surface area contributed by atoms with Crippen LogP contribution in [0.1, 0.15) is 23.6 Å². The van der Waals surface area contributed by atoms with E-state index in [1.807, 2.05) is 32.0 Å². The van der Waals surface area contributed by atoms with Crippen LogP contribution >= 0.6 is 0 Å². The lowest BCUT2D eigenvalue weighted by Gasteiger charge is -2.20. The Bertz CT molecular complexity index is 835. The first-order valence-corrected chi connectivity index (χ1v) is 7.95. The first kappa shape index (κ1) is 17.0. The number of nitrogens with zero attached hydrogens (tertiary/aromatic N) is 2. The second kappa shape index (κ2) is 6.93. The highest BCUT2D eigenvalue weighted by atomic mass is 19.1. The lowest BCUT2D eigenvalue weighted by atomic mass is 10.1. The fraction of sp³-hybridized carbons (Fsp3) is 0.263. The molecule has 25 heavy (non-hydrogen) atoms. The minimum Gasteiger partial charge on any atom is -0.487 e. The van der Waals surface area contributed by atoms with Gasteiger partial charge in [-0.05, 0) is 37.6 Å². The van der Waals surface area contributed by atoms with Gasteiger partial charge in [-0.25, -0.2) is 4.39 Å². The predicted molar refractivity (Wildman–Crippen MR) is 91.7 cm³/mol. The molecule has 1 heterocycles. The van der Waals surface area contributed by atoms with E-state index in [0.29, 0.717) is 5.75 Å². The molecule has 0 spiro atoms. The van der Waals surface area contributed by atoms with E-state index in [9.17, 15) is 9.18 Å². The summed E-state index contributed by atoms with van der Waals surface area (Å²) in [6.45, 7) is 5.41. The van der Waals surface area contributed by atoms with E-state index in [1.165, 1.54) is 18.0 Å². The summed E-state index contributed by atoms with van der Waals surface area (Å²) in [6, 6.07) is 12.0. The third kappa shape index (κ3) is 3.63. The van der Waals surface area contributed by atoms with Gasteiger partial charge in [-0.1, -0.05) is 29.8 Å². The maximum atomic E-state index is 13.9. The molecule has 2 aromatic rings. The Morgan fingerprint density at radius 1 is 1.28 bits per heavy atom. The first-order valence-electron chi connectivity index (χ1n) is 7.95. The van der Waals surface area contributed by atoms with Crippen LogP contribution in [0.15, 0.2) is 47.6 Å². The van der Waals surface area contributed by atoms with Crippen molar-refractivity contribution in [2.75, 3.05) is 6.61 Å². The van der Waals surface area contributed by atoms with Crippen LogP contribution < -0.4 is 4.74 Å². The molecule has 0 saturated carbocycles. The summed E-state index contributed by atoms with van der Waals surface area (Å²) in [6.07, 6.45) is -0.743. The molecular formula is C19H19FN2O3. The highest BCUT2D eigenvalue weighted by Crippen LogP contribution is 2.23. The van der Waals surface area contributed by atoms with Crippen molar-refractivity contribution in [2.45, 2.75) is 27.0 Å². The second-order valence-corrected chi connectivity index (χ2v) is 5.90. The number of aryl methyl sites for hydroxylation is 2. The molecule has 0 bridgehead atoms. The van der Waals surface area contributed by atoms with E-state index in [4.69, 9.17) is 9.47 Å². The first-order chi connectivity index (χ1) is 12.0. The standard InChI is InChI=1S/C19H19FN2O3/c1-12-8-9-17(13(2)10-12)24-11-18-22(14(3)23)21-19(25-18)15-6-4-5-7-16(15)20/h4-10,18H,11H2,1-3H3. The van der Waals surface area contributed by atoms with Crippen molar-refractivity contribution in [1.29, 1.82) is 0 Å². The van der Waals surface area contributed by atoms with Crippen LogP contribution in [-0.2, 0) is 9.53 Å². The predicted octanol–water partition coefficient (Wildman–Crippen LogP) is 3.39. The van der Waals surface area contributed by atoms with E-state index >= 15 is 0 Å². The van der Waals surface area contributed by atoms with Crippen molar-refractivity contribution in [3.63, 3.8) is 0 Å². The fourth-order valence-electron chi connectivity index (χ4n) is 2.62. The molecule has 5 nitrogen and oxygen atoms in total. The van der Waals surface area contributed by atoms with Gasteiger partial charge in [-0.15, -0.1) is 5.10 Å². The van der Waals surface area contributed by atoms with Crippen molar-refractivity contribution >= 4 is 11.8 Å². The average molecular weight is 342 g/mol. The number of hydrogen-bond acceptors (Lipinski definition) is 4. The summed E-state index contributed by atoms with van der Waals surface area (Å²) in [7, 11) is 0. The number of carbonyl (C=O) groups is 1. The SMILES string of the molecule is CC(=O)N1N=C(c2ccccc2F)OC1COc1ccc(C)cc1C. The Hall–Kier alpha value is -2.89. The van der Waals surface area contributed by atoms with Crippen LogP contribution in [-0.4, -0.2) is 29.6 Å². The second-order valence-electron chi connectivity index (χ2n) is 5.90. The molecular weight excluding hydrogens is 323 g/mol. The molecule has 130 valence electrons. The van der Waals surface area contributed by atoms with Crippen LogP contribution in [0.5, 0.6) is 5.75 Å². The van der Waals surface area contributed by atoms with Crippen molar-refractivity contribution in [1.82, 2.24) is 5.01 Å². The molecule has 1 unspecified atom stereocenters. The molecule has 1 atom stereocenters. The summed E-state index contributed by atoms with van der Waals surface area (Å²) in [4.78, 5) is 11.8. The molecule has 0 N–H and O–H groups in total. The van der Waals surface area contributed by atoms with Crippen molar-refractivity contribution in [2.24, 2.45) is 5.10 Å². The lowest BCUT2D eigenvalue weighted by molar-refractivity contribution is -0.136. The number of rotatable bonds is 4. The van der Waals surface area contributed by atoms with Crippen molar-refractivity contribution in [3.8, 4) is 5.75 Å². The molecule has 0 radical (unpaired) electrons. The van der Waals surface area contributed by atoms with Crippen LogP contribution in [0, 0.1) is 19.7 Å². The average Bonchev–Trinajstić information content (AvgIpc) is 2.99. The number of carbonyl (C=O) groups excluding carboxylic acids is 1. The van der Waals surface area contributed by atoms with E-state index in [0.717, 1.165) is 11.1 Å². The van der Waals surface area contributed by atoms with Crippen LogP contribution in [0.2, 0.25) is 0 Å². The number of amides is 1. The zero-order valence-electron chi connectivity index (χ0n) is 14.3. The maximum Gasteiger partial charge on any atom is 0.243 e. The minimum atomic E-state index is -0.743. The minimum absolute atomic E-state index is 0.0718. The molecule has 1 amide bonds. The Labute approximate surface area is 145 Å². The molecule has 0 aliphatic carbocycles. The van der Waals surface area contributed by atoms with Crippen LogP contribution in [0.3, 0.4) is 0 Å². The van der Waals surface area contributed by atoms with Gasteiger partial charge in [-0.2, -0.15) is 5.01 Å². The van der Waals surface area contributed by atoms with Gasteiger partial charge in [0.15, 0.2) is 0 Å². The van der Waals surface area contributed by atoms with E-state index in [1.54, 1.807) is 18.2 Å². The summed E-state index contributed by atoms with van der Waals surface area (Å²) in [5, 5.41) is 5.28. The van der Waals surface area contributed by atoms with E-state index in [2.05, 4.69) is 5.10 Å². The monoisotopic (exact) mass is 342 g/mol. The molecule has 1 aliphatic heterocycles. The molecule has 0 fully saturated rings. The van der Waals surface area contributed by atoms with E-state index < -0.39 is 12.0 Å². The van der Waals surface area contributed by atoms with Crippen LogP contribution in [0.25, 0.3) is 0 Å². The third-order valence-corrected chi connectivity index (χ3v) is 3.86. The zero-order valence-corrected chi connectivity index (χ0v) is 14.3. The van der Waals surface area contributed by atoms with Crippen molar-refractivity contribution < 1.29 is 18.7 Å². The largest absolute Gasteiger partial charge is 0.487 e. The number of ether oxygens (including phenoxy) is 2. The molecule has 2 aromatic carbocycles. The number of hydrazone groups is 1. The fourth-order valence-corrected chi connectivity index (χ4v) is 2.62. The Morgan fingerprint density at radius 3 is 2.72 bits per heavy atom. The Kier molecular flexibility index (Phi) is 4.70. The van der Waals surface area contributed by atoms with Crippen LogP contribution in [0.4, 0.5) is 4.39 Å². The highest BCUT2D eigenvalue weighted by molar-refractivity contribution is 5.96. The molecule has 0 aromatic heterocycles. The number of benzene rings is 2. The smallest absolute Gasteiger partial charge is 0.243 e. The van der Waals surface area contributed by atoms with E-state index in [-0.39, 0.29) is 24.0 Å². The normalized spacial score (nSPS) is 16.4. The molecule has 3 rings (SSSR count). The third-order valence-electron chi connectivity index (χ3n) is 3.86. The van der Waals surface area contributed by atoms with Gasteiger partial charge >= 0.3 is 0 Å². The summed E-state index contributed by atoms with van der Waals surface area (Å²) >= 11 is 0.